The van der Waals surface area contributed by atoms with E-state index in [0.717, 1.165) is 17.4 Å². The van der Waals surface area contributed by atoms with Gasteiger partial charge in [-0.2, -0.15) is 0 Å². The Bertz CT molecular complexity index is 1030. The number of sulfone groups is 1. The Kier molecular flexibility index (Phi) is 4.78. The average Bonchev–Trinajstić information content (AvgIpc) is 2.89. The van der Waals surface area contributed by atoms with Crippen molar-refractivity contribution in [2.45, 2.75) is 5.75 Å². The van der Waals surface area contributed by atoms with Gasteiger partial charge in [-0.05, 0) is 11.6 Å². The molecule has 25 heavy (non-hydrogen) atoms. The van der Waals surface area contributed by atoms with E-state index in [-0.39, 0.29) is 21.1 Å². The van der Waals surface area contributed by atoms with Crippen LogP contribution in [0.15, 0.2) is 42.5 Å². The van der Waals surface area contributed by atoms with Gasteiger partial charge in [-0.15, -0.1) is 0 Å². The van der Waals surface area contributed by atoms with Crippen LogP contribution < -0.4 is 5.32 Å². The number of hydrogen-bond donors (Lipinski definition) is 1. The number of hydrogen-bond acceptors (Lipinski definition) is 5. The summed E-state index contributed by atoms with van der Waals surface area (Å²) in [5.41, 5.74) is 0.502. The first-order chi connectivity index (χ1) is 11.8. The highest BCUT2D eigenvalue weighted by atomic mass is 32.2. The van der Waals surface area contributed by atoms with Crippen molar-refractivity contribution in [1.82, 2.24) is 4.98 Å². The van der Waals surface area contributed by atoms with Crippen LogP contribution in [0.2, 0.25) is 0 Å². The smallest absolute Gasteiger partial charge is 0.241 e. The number of halogens is 2. The fourth-order valence-electron chi connectivity index (χ4n) is 2.24. The normalized spacial score (nSPS) is 11.6. The van der Waals surface area contributed by atoms with Crippen LogP contribution in [0.1, 0.15) is 5.56 Å². The maximum Gasteiger partial charge on any atom is 0.241 e. The monoisotopic (exact) mass is 382 g/mol. The molecule has 2 aromatic carbocycles. The summed E-state index contributed by atoms with van der Waals surface area (Å²) in [6, 6.07) is 10.3. The third kappa shape index (κ3) is 4.37. The number of carbonyl (C=O) groups is 1. The Hall–Kier alpha value is -2.39. The summed E-state index contributed by atoms with van der Waals surface area (Å²) in [6.45, 7) is 0. The van der Waals surface area contributed by atoms with E-state index < -0.39 is 33.1 Å². The van der Waals surface area contributed by atoms with Gasteiger partial charge in [0.1, 0.15) is 17.1 Å². The molecule has 1 N–H and O–H groups in total. The number of nitrogens with one attached hydrogen (secondary N) is 1. The van der Waals surface area contributed by atoms with E-state index in [9.17, 15) is 22.0 Å². The zero-order chi connectivity index (χ0) is 18.0. The fourth-order valence-corrected chi connectivity index (χ4v) is 4.44. The quantitative estimate of drug-likeness (QED) is 0.736. The van der Waals surface area contributed by atoms with E-state index in [4.69, 9.17) is 0 Å². The minimum atomic E-state index is -3.67. The highest BCUT2D eigenvalue weighted by Gasteiger charge is 2.19. The first-order valence-corrected chi connectivity index (χ1v) is 9.76. The molecule has 0 atom stereocenters. The Balaban J connectivity index is 1.71. The van der Waals surface area contributed by atoms with Crippen LogP contribution in [-0.4, -0.2) is 25.1 Å². The second-order valence-corrected chi connectivity index (χ2v) is 8.41. The van der Waals surface area contributed by atoms with E-state index in [1.165, 1.54) is 0 Å². The van der Waals surface area contributed by atoms with Crippen molar-refractivity contribution in [1.29, 1.82) is 0 Å². The van der Waals surface area contributed by atoms with E-state index in [0.29, 0.717) is 11.6 Å². The SMILES string of the molecule is O=C(CS(=O)(=O)Cc1ccccc1)Nc1nc2c(F)cc(F)cc2s1. The molecule has 0 aliphatic carbocycles. The number of thiazole rings is 1. The van der Waals surface area contributed by atoms with E-state index in [1.807, 2.05) is 0 Å². The molecule has 0 bridgehead atoms. The van der Waals surface area contributed by atoms with Gasteiger partial charge in [-0.3, -0.25) is 4.79 Å². The molecule has 0 unspecified atom stereocenters. The number of amides is 1. The number of fused-ring (bicyclic) bond motifs is 1. The summed E-state index contributed by atoms with van der Waals surface area (Å²) < 4.78 is 51.2. The molecule has 1 heterocycles. The predicted octanol–water partition coefficient (Wildman–Crippen LogP) is 3.13. The molecule has 9 heteroatoms. The Labute approximate surface area is 146 Å². The van der Waals surface area contributed by atoms with Crippen molar-refractivity contribution < 1.29 is 22.0 Å². The van der Waals surface area contributed by atoms with Crippen LogP contribution in [0.4, 0.5) is 13.9 Å². The van der Waals surface area contributed by atoms with E-state index in [1.54, 1.807) is 30.3 Å². The van der Waals surface area contributed by atoms with Crippen LogP contribution in [0, 0.1) is 11.6 Å². The first-order valence-electron chi connectivity index (χ1n) is 7.12. The Morgan fingerprint density at radius 1 is 1.16 bits per heavy atom. The lowest BCUT2D eigenvalue weighted by molar-refractivity contribution is -0.113. The summed E-state index contributed by atoms with van der Waals surface area (Å²) in [5.74, 6) is -3.37. The van der Waals surface area contributed by atoms with Gasteiger partial charge >= 0.3 is 0 Å². The highest BCUT2D eigenvalue weighted by Crippen LogP contribution is 2.28. The largest absolute Gasteiger partial charge is 0.301 e. The summed E-state index contributed by atoms with van der Waals surface area (Å²) in [4.78, 5) is 15.8. The second-order valence-electron chi connectivity index (χ2n) is 5.32. The van der Waals surface area contributed by atoms with E-state index in [2.05, 4.69) is 10.3 Å². The van der Waals surface area contributed by atoms with Gasteiger partial charge in [-0.25, -0.2) is 22.2 Å². The van der Waals surface area contributed by atoms with Crippen molar-refractivity contribution in [3.63, 3.8) is 0 Å². The van der Waals surface area contributed by atoms with Gasteiger partial charge in [0.15, 0.2) is 20.8 Å². The number of aromatic nitrogens is 1. The molecule has 0 saturated carbocycles. The zero-order valence-electron chi connectivity index (χ0n) is 12.7. The third-order valence-electron chi connectivity index (χ3n) is 3.24. The predicted molar refractivity (Wildman–Crippen MR) is 92.1 cm³/mol. The average molecular weight is 382 g/mol. The summed E-state index contributed by atoms with van der Waals surface area (Å²) >= 11 is 0.866. The van der Waals surface area contributed by atoms with Crippen LogP contribution in [0.25, 0.3) is 10.2 Å². The molecule has 0 aliphatic rings. The summed E-state index contributed by atoms with van der Waals surface area (Å²) in [7, 11) is -3.67. The number of nitrogens with zero attached hydrogens (tertiary/aromatic N) is 1. The minimum absolute atomic E-state index is 0.0133. The maximum absolute atomic E-state index is 13.6. The van der Waals surface area contributed by atoms with Gasteiger partial charge in [0.05, 0.1) is 10.5 Å². The highest BCUT2D eigenvalue weighted by molar-refractivity contribution is 7.91. The molecule has 1 amide bonds. The molecule has 0 spiro atoms. The molecular formula is C16H12F2N2O3S2. The van der Waals surface area contributed by atoms with Crippen LogP contribution in [-0.2, 0) is 20.4 Å². The van der Waals surface area contributed by atoms with Gasteiger partial charge in [-0.1, -0.05) is 41.7 Å². The lowest BCUT2D eigenvalue weighted by Crippen LogP contribution is -2.23. The Morgan fingerprint density at radius 3 is 2.60 bits per heavy atom. The van der Waals surface area contributed by atoms with Crippen LogP contribution >= 0.6 is 11.3 Å². The molecule has 130 valence electrons. The van der Waals surface area contributed by atoms with E-state index >= 15 is 0 Å². The van der Waals surface area contributed by atoms with Crippen LogP contribution in [0.3, 0.4) is 0 Å². The van der Waals surface area contributed by atoms with Crippen molar-refractivity contribution >= 4 is 42.4 Å². The second kappa shape index (κ2) is 6.85. The lowest BCUT2D eigenvalue weighted by atomic mass is 10.2. The zero-order valence-corrected chi connectivity index (χ0v) is 14.3. The molecule has 3 rings (SSSR count). The van der Waals surface area contributed by atoms with Gasteiger partial charge in [0.2, 0.25) is 5.91 Å². The van der Waals surface area contributed by atoms with Crippen molar-refractivity contribution in [2.24, 2.45) is 0 Å². The molecular weight excluding hydrogens is 370 g/mol. The molecule has 5 nitrogen and oxygen atoms in total. The number of carbonyl (C=O) groups excluding carboxylic acids is 1. The van der Waals surface area contributed by atoms with Crippen molar-refractivity contribution in [3.8, 4) is 0 Å². The molecule has 3 aromatic rings. The number of anilines is 1. The van der Waals surface area contributed by atoms with Crippen molar-refractivity contribution in [2.75, 3.05) is 11.1 Å². The van der Waals surface area contributed by atoms with Crippen LogP contribution in [0.5, 0.6) is 0 Å². The molecule has 1 aromatic heterocycles. The van der Waals surface area contributed by atoms with Gasteiger partial charge in [0, 0.05) is 6.07 Å². The molecule has 0 radical (unpaired) electrons. The first kappa shape index (κ1) is 17.4. The molecule has 0 saturated heterocycles. The summed E-state index contributed by atoms with van der Waals surface area (Å²) in [6.07, 6.45) is 0. The van der Waals surface area contributed by atoms with Gasteiger partial charge in [0.25, 0.3) is 0 Å². The lowest BCUT2D eigenvalue weighted by Gasteiger charge is -2.04. The standard InChI is InChI=1S/C16H12F2N2O3S2/c17-11-6-12(18)15-13(7-11)24-16(20-15)19-14(21)9-25(22,23)8-10-4-2-1-3-5-10/h1-7H,8-9H2,(H,19,20,21). The topological polar surface area (TPSA) is 76.1 Å². The Morgan fingerprint density at radius 2 is 1.88 bits per heavy atom. The number of benzene rings is 2. The maximum atomic E-state index is 13.6. The minimum Gasteiger partial charge on any atom is -0.301 e. The van der Waals surface area contributed by atoms with Gasteiger partial charge < -0.3 is 5.32 Å². The molecule has 0 fully saturated rings. The molecule has 0 aliphatic heterocycles. The number of rotatable bonds is 5. The third-order valence-corrected chi connectivity index (χ3v) is 5.63. The summed E-state index contributed by atoms with van der Waals surface area (Å²) in [5, 5.41) is 2.33. The van der Waals surface area contributed by atoms with Crippen molar-refractivity contribution in [3.05, 3.63) is 59.7 Å². The fraction of sp³-hybridized carbons (Fsp3) is 0.125.